The number of halogens is 2. The molecule has 0 radical (unpaired) electrons. The van der Waals surface area contributed by atoms with Crippen LogP contribution in [0.4, 0.5) is 0 Å². The van der Waals surface area contributed by atoms with E-state index in [-0.39, 0.29) is 17.3 Å². The molecule has 37 heavy (non-hydrogen) atoms. The molecule has 2 N–H and O–H groups in total. The van der Waals surface area contributed by atoms with Gasteiger partial charge in [0.15, 0.2) is 16.6 Å². The van der Waals surface area contributed by atoms with Crippen LogP contribution in [0.2, 0.25) is 0 Å². The van der Waals surface area contributed by atoms with Crippen LogP contribution in [0.15, 0.2) is 75.2 Å². The SMILES string of the molecule is CCOc1cc(COc2c(Br)cc(C=C3C(=O)NC(=S)NC3=O)cc2Br)ccc1OCc1ccccc1. The molecule has 10 heteroatoms. The minimum atomic E-state index is -0.553. The molecule has 1 aliphatic heterocycles. The highest BCUT2D eigenvalue weighted by atomic mass is 79.9. The average molecular weight is 646 g/mol. The number of carbonyl (C=O) groups is 2. The van der Waals surface area contributed by atoms with E-state index >= 15 is 0 Å². The van der Waals surface area contributed by atoms with Crippen LogP contribution in [0.5, 0.6) is 17.2 Å². The molecule has 0 bridgehead atoms. The first-order chi connectivity index (χ1) is 17.8. The lowest BCUT2D eigenvalue weighted by Crippen LogP contribution is -2.51. The van der Waals surface area contributed by atoms with Gasteiger partial charge in [-0.2, -0.15) is 0 Å². The number of carbonyl (C=O) groups excluding carboxylic acids is 2. The zero-order chi connectivity index (χ0) is 26.4. The number of rotatable bonds is 9. The standard InChI is InChI=1S/C27H22Br2N2O5S/c1-2-34-23-13-17(8-9-22(23)35-14-16-6-4-3-5-7-16)15-36-24-20(28)11-18(12-21(24)29)10-19-25(32)30-27(37)31-26(19)33/h3-13H,2,14-15H2,1H3,(H2,30,31,32,33,37). The molecule has 0 spiro atoms. The van der Waals surface area contributed by atoms with Crippen molar-refractivity contribution in [1.29, 1.82) is 0 Å². The number of hydrogen-bond acceptors (Lipinski definition) is 6. The molecule has 2 amide bonds. The normalized spacial score (nSPS) is 13.1. The first-order valence-electron chi connectivity index (χ1n) is 11.3. The maximum atomic E-state index is 12.1. The van der Waals surface area contributed by atoms with Gasteiger partial charge in [0.25, 0.3) is 11.8 Å². The number of thiocarbonyl (C=S) groups is 1. The topological polar surface area (TPSA) is 85.9 Å². The molecule has 7 nitrogen and oxygen atoms in total. The summed E-state index contributed by atoms with van der Waals surface area (Å²) in [5, 5.41) is 4.82. The summed E-state index contributed by atoms with van der Waals surface area (Å²) in [5.74, 6) is 0.766. The third-order valence-corrected chi connectivity index (χ3v) is 6.59. The zero-order valence-electron chi connectivity index (χ0n) is 19.7. The average Bonchev–Trinajstić information content (AvgIpc) is 2.86. The predicted octanol–water partition coefficient (Wildman–Crippen LogP) is 5.68. The van der Waals surface area contributed by atoms with E-state index in [1.165, 1.54) is 6.08 Å². The lowest BCUT2D eigenvalue weighted by Gasteiger charge is -2.17. The molecular weight excluding hydrogens is 624 g/mol. The van der Waals surface area contributed by atoms with Crippen LogP contribution in [0, 0.1) is 0 Å². The summed E-state index contributed by atoms with van der Waals surface area (Å²) in [7, 11) is 0. The highest BCUT2D eigenvalue weighted by Gasteiger charge is 2.26. The predicted molar refractivity (Wildman–Crippen MR) is 151 cm³/mol. The van der Waals surface area contributed by atoms with E-state index in [1.54, 1.807) is 12.1 Å². The van der Waals surface area contributed by atoms with E-state index in [2.05, 4.69) is 42.5 Å². The van der Waals surface area contributed by atoms with Crippen molar-refractivity contribution in [2.24, 2.45) is 0 Å². The van der Waals surface area contributed by atoms with Crippen LogP contribution in [-0.4, -0.2) is 23.5 Å². The minimum Gasteiger partial charge on any atom is -0.490 e. The van der Waals surface area contributed by atoms with Gasteiger partial charge in [0.2, 0.25) is 0 Å². The van der Waals surface area contributed by atoms with Crippen molar-refractivity contribution in [3.8, 4) is 17.2 Å². The molecule has 1 aliphatic rings. The van der Waals surface area contributed by atoms with Gasteiger partial charge in [-0.25, -0.2) is 0 Å². The van der Waals surface area contributed by atoms with Crippen molar-refractivity contribution in [3.63, 3.8) is 0 Å². The summed E-state index contributed by atoms with van der Waals surface area (Å²) in [5.41, 5.74) is 2.54. The highest BCUT2D eigenvalue weighted by Crippen LogP contribution is 2.37. The quantitative estimate of drug-likeness (QED) is 0.177. The van der Waals surface area contributed by atoms with Crippen molar-refractivity contribution in [2.45, 2.75) is 20.1 Å². The number of hydrogen-bond donors (Lipinski definition) is 2. The van der Waals surface area contributed by atoms with Crippen LogP contribution in [0.1, 0.15) is 23.6 Å². The molecule has 0 aromatic heterocycles. The number of amides is 2. The van der Waals surface area contributed by atoms with E-state index in [0.29, 0.717) is 45.0 Å². The molecule has 0 atom stereocenters. The number of benzene rings is 3. The summed E-state index contributed by atoms with van der Waals surface area (Å²) in [6.45, 7) is 3.14. The van der Waals surface area contributed by atoms with E-state index in [0.717, 1.165) is 11.1 Å². The smallest absolute Gasteiger partial charge is 0.263 e. The fourth-order valence-corrected chi connectivity index (χ4v) is 5.13. The van der Waals surface area contributed by atoms with Crippen molar-refractivity contribution >= 4 is 67.1 Å². The van der Waals surface area contributed by atoms with E-state index < -0.39 is 11.8 Å². The lowest BCUT2D eigenvalue weighted by atomic mass is 10.1. The van der Waals surface area contributed by atoms with Crippen molar-refractivity contribution in [3.05, 3.63) is 91.9 Å². The molecule has 1 heterocycles. The van der Waals surface area contributed by atoms with E-state index in [4.69, 9.17) is 26.4 Å². The Balaban J connectivity index is 1.47. The fraction of sp³-hybridized carbons (Fsp3) is 0.148. The van der Waals surface area contributed by atoms with Crippen LogP contribution in [0.3, 0.4) is 0 Å². The second-order valence-electron chi connectivity index (χ2n) is 7.89. The van der Waals surface area contributed by atoms with Gasteiger partial charge in [0, 0.05) is 0 Å². The van der Waals surface area contributed by atoms with Crippen molar-refractivity contribution in [2.75, 3.05) is 6.61 Å². The first-order valence-corrected chi connectivity index (χ1v) is 13.3. The second kappa shape index (κ2) is 12.4. The van der Waals surface area contributed by atoms with Gasteiger partial charge in [0.1, 0.15) is 24.5 Å². The first kappa shape index (κ1) is 26.8. The van der Waals surface area contributed by atoms with Gasteiger partial charge < -0.3 is 14.2 Å². The van der Waals surface area contributed by atoms with E-state index in [9.17, 15) is 9.59 Å². The Labute approximate surface area is 236 Å². The zero-order valence-corrected chi connectivity index (χ0v) is 23.7. The van der Waals surface area contributed by atoms with Crippen LogP contribution in [0.25, 0.3) is 6.08 Å². The number of ether oxygens (including phenoxy) is 3. The van der Waals surface area contributed by atoms with Gasteiger partial charge in [-0.05, 0) is 98.0 Å². The molecule has 190 valence electrons. The minimum absolute atomic E-state index is 0.0125. The van der Waals surface area contributed by atoms with Crippen LogP contribution in [-0.2, 0) is 22.8 Å². The summed E-state index contributed by atoms with van der Waals surface area (Å²) in [6.07, 6.45) is 1.48. The molecule has 0 saturated carbocycles. The third kappa shape index (κ3) is 6.97. The summed E-state index contributed by atoms with van der Waals surface area (Å²) < 4.78 is 19.1. The fourth-order valence-electron chi connectivity index (χ4n) is 3.49. The molecule has 4 rings (SSSR count). The lowest BCUT2D eigenvalue weighted by molar-refractivity contribution is -0.123. The Morgan fingerprint density at radius 2 is 1.46 bits per heavy atom. The molecule has 1 fully saturated rings. The largest absolute Gasteiger partial charge is 0.490 e. The Morgan fingerprint density at radius 3 is 2.11 bits per heavy atom. The molecule has 3 aromatic rings. The van der Waals surface area contributed by atoms with Gasteiger partial charge in [-0.15, -0.1) is 0 Å². The molecule has 3 aromatic carbocycles. The van der Waals surface area contributed by atoms with E-state index in [1.807, 2.05) is 55.5 Å². The maximum Gasteiger partial charge on any atom is 0.263 e. The maximum absolute atomic E-state index is 12.1. The summed E-state index contributed by atoms with van der Waals surface area (Å²) in [4.78, 5) is 24.3. The second-order valence-corrected chi connectivity index (χ2v) is 10.0. The summed E-state index contributed by atoms with van der Waals surface area (Å²) >= 11 is 11.9. The third-order valence-electron chi connectivity index (χ3n) is 5.20. The Morgan fingerprint density at radius 1 is 0.811 bits per heavy atom. The van der Waals surface area contributed by atoms with Crippen molar-refractivity contribution < 1.29 is 23.8 Å². The Bertz CT molecular complexity index is 1330. The Hall–Kier alpha value is -3.21. The van der Waals surface area contributed by atoms with Crippen LogP contribution < -0.4 is 24.8 Å². The molecule has 0 aliphatic carbocycles. The number of nitrogens with one attached hydrogen (secondary N) is 2. The van der Waals surface area contributed by atoms with Gasteiger partial charge in [-0.1, -0.05) is 36.4 Å². The highest BCUT2D eigenvalue weighted by molar-refractivity contribution is 9.11. The monoisotopic (exact) mass is 644 g/mol. The van der Waals surface area contributed by atoms with Crippen LogP contribution >= 0.6 is 44.1 Å². The molecular formula is C27H22Br2N2O5S. The molecule has 0 unspecified atom stereocenters. The van der Waals surface area contributed by atoms with Gasteiger partial charge in [-0.3, -0.25) is 20.2 Å². The summed E-state index contributed by atoms with van der Waals surface area (Å²) in [6, 6.07) is 19.1. The van der Waals surface area contributed by atoms with Gasteiger partial charge in [0.05, 0.1) is 15.6 Å². The molecule has 1 saturated heterocycles. The van der Waals surface area contributed by atoms with Gasteiger partial charge >= 0.3 is 0 Å². The van der Waals surface area contributed by atoms with Crippen molar-refractivity contribution in [1.82, 2.24) is 10.6 Å². The Kier molecular flexibility index (Phi) is 8.96.